The zero-order valence-electron chi connectivity index (χ0n) is 14.1. The quantitative estimate of drug-likeness (QED) is 0.838. The highest BCUT2D eigenvalue weighted by atomic mass is 32.1. The SMILES string of the molecule is CNCc1sc(N(C)CCCN(C)C)nc1C(C)(C)C. The van der Waals surface area contributed by atoms with Crippen LogP contribution in [0.5, 0.6) is 0 Å². The molecule has 20 heavy (non-hydrogen) atoms. The van der Waals surface area contributed by atoms with Crippen molar-refractivity contribution in [3.8, 4) is 0 Å². The first-order valence-electron chi connectivity index (χ1n) is 7.26. The van der Waals surface area contributed by atoms with Crippen LogP contribution in [0.25, 0.3) is 0 Å². The fourth-order valence-electron chi connectivity index (χ4n) is 2.09. The molecule has 1 rings (SSSR count). The van der Waals surface area contributed by atoms with Gasteiger partial charge in [0.25, 0.3) is 0 Å². The van der Waals surface area contributed by atoms with Crippen molar-refractivity contribution < 1.29 is 0 Å². The largest absolute Gasteiger partial charge is 0.351 e. The minimum Gasteiger partial charge on any atom is -0.351 e. The molecule has 4 nitrogen and oxygen atoms in total. The van der Waals surface area contributed by atoms with Gasteiger partial charge < -0.3 is 15.1 Å². The van der Waals surface area contributed by atoms with Crippen molar-refractivity contribution in [3.63, 3.8) is 0 Å². The van der Waals surface area contributed by atoms with Gasteiger partial charge in [-0.1, -0.05) is 20.8 Å². The first-order chi connectivity index (χ1) is 9.25. The molecule has 116 valence electrons. The van der Waals surface area contributed by atoms with Crippen LogP contribution < -0.4 is 10.2 Å². The lowest BCUT2D eigenvalue weighted by atomic mass is 9.91. The van der Waals surface area contributed by atoms with Gasteiger partial charge in [0.1, 0.15) is 0 Å². The van der Waals surface area contributed by atoms with E-state index in [2.05, 4.69) is 57.0 Å². The monoisotopic (exact) mass is 298 g/mol. The second-order valence-corrected chi connectivity index (χ2v) is 7.69. The Labute approximate surface area is 128 Å². The van der Waals surface area contributed by atoms with E-state index < -0.39 is 0 Å². The van der Waals surface area contributed by atoms with Crippen molar-refractivity contribution in [3.05, 3.63) is 10.6 Å². The molecule has 0 saturated heterocycles. The Morgan fingerprint density at radius 1 is 1.15 bits per heavy atom. The van der Waals surface area contributed by atoms with Crippen molar-refractivity contribution in [1.82, 2.24) is 15.2 Å². The average Bonchev–Trinajstić information content (AvgIpc) is 2.72. The lowest BCUT2D eigenvalue weighted by molar-refractivity contribution is 0.401. The van der Waals surface area contributed by atoms with Gasteiger partial charge >= 0.3 is 0 Å². The topological polar surface area (TPSA) is 31.4 Å². The zero-order valence-corrected chi connectivity index (χ0v) is 14.9. The lowest BCUT2D eigenvalue weighted by Gasteiger charge is -2.19. The summed E-state index contributed by atoms with van der Waals surface area (Å²) < 4.78 is 0. The Hall–Kier alpha value is -0.650. The lowest BCUT2D eigenvalue weighted by Crippen LogP contribution is -2.23. The molecule has 0 bridgehead atoms. The molecule has 0 unspecified atom stereocenters. The Kier molecular flexibility index (Phi) is 6.43. The normalized spacial score (nSPS) is 12.2. The van der Waals surface area contributed by atoms with E-state index in [9.17, 15) is 0 Å². The number of thiazole rings is 1. The highest BCUT2D eigenvalue weighted by Crippen LogP contribution is 2.33. The third-order valence-electron chi connectivity index (χ3n) is 3.16. The number of rotatable bonds is 7. The maximum Gasteiger partial charge on any atom is 0.185 e. The first-order valence-corrected chi connectivity index (χ1v) is 8.08. The van der Waals surface area contributed by atoms with Crippen molar-refractivity contribution >= 4 is 16.5 Å². The average molecular weight is 298 g/mol. The van der Waals surface area contributed by atoms with Gasteiger partial charge in [0, 0.05) is 30.4 Å². The summed E-state index contributed by atoms with van der Waals surface area (Å²) in [4.78, 5) is 10.7. The third-order valence-corrected chi connectivity index (χ3v) is 4.33. The van der Waals surface area contributed by atoms with Gasteiger partial charge in [-0.2, -0.15) is 0 Å². The molecule has 0 amide bonds. The van der Waals surface area contributed by atoms with E-state index in [4.69, 9.17) is 4.98 Å². The third kappa shape index (κ3) is 5.04. The van der Waals surface area contributed by atoms with Crippen LogP contribution in [0.2, 0.25) is 0 Å². The van der Waals surface area contributed by atoms with Crippen LogP contribution in [-0.2, 0) is 12.0 Å². The van der Waals surface area contributed by atoms with E-state index in [1.165, 1.54) is 10.6 Å². The summed E-state index contributed by atoms with van der Waals surface area (Å²) in [5, 5.41) is 4.39. The van der Waals surface area contributed by atoms with Crippen molar-refractivity contribution in [1.29, 1.82) is 0 Å². The second kappa shape index (κ2) is 7.38. The second-order valence-electron chi connectivity index (χ2n) is 6.63. The first kappa shape index (κ1) is 17.4. The van der Waals surface area contributed by atoms with Gasteiger partial charge in [-0.3, -0.25) is 0 Å². The smallest absolute Gasteiger partial charge is 0.185 e. The number of hydrogen-bond acceptors (Lipinski definition) is 5. The predicted molar refractivity (Wildman–Crippen MR) is 90.0 cm³/mol. The van der Waals surface area contributed by atoms with Gasteiger partial charge in [0.05, 0.1) is 5.69 Å². The van der Waals surface area contributed by atoms with E-state index >= 15 is 0 Å². The van der Waals surface area contributed by atoms with Crippen LogP contribution in [0.4, 0.5) is 5.13 Å². The maximum absolute atomic E-state index is 4.89. The molecule has 5 heteroatoms. The van der Waals surface area contributed by atoms with Gasteiger partial charge in [-0.05, 0) is 34.1 Å². The Balaban J connectivity index is 2.80. The number of hydrogen-bond donors (Lipinski definition) is 1. The van der Waals surface area contributed by atoms with Gasteiger partial charge in [0.15, 0.2) is 5.13 Å². The van der Waals surface area contributed by atoms with Gasteiger partial charge in [-0.15, -0.1) is 11.3 Å². The standard InChI is InChI=1S/C15H30N4S/c1-15(2,3)13-12(11-16-4)20-14(17-13)19(7)10-8-9-18(5)6/h16H,8-11H2,1-7H3. The number of nitrogens with one attached hydrogen (secondary N) is 1. The molecule has 0 atom stereocenters. The Morgan fingerprint density at radius 3 is 2.30 bits per heavy atom. The molecule has 1 N–H and O–H groups in total. The highest BCUT2D eigenvalue weighted by Gasteiger charge is 2.23. The van der Waals surface area contributed by atoms with Crippen LogP contribution in [0, 0.1) is 0 Å². The van der Waals surface area contributed by atoms with Gasteiger partial charge in [0.2, 0.25) is 0 Å². The minimum absolute atomic E-state index is 0.103. The fraction of sp³-hybridized carbons (Fsp3) is 0.800. The summed E-state index contributed by atoms with van der Waals surface area (Å²) in [7, 11) is 8.37. The number of aromatic nitrogens is 1. The maximum atomic E-state index is 4.89. The molecule has 0 radical (unpaired) electrons. The van der Waals surface area contributed by atoms with Crippen LogP contribution >= 0.6 is 11.3 Å². The van der Waals surface area contributed by atoms with Crippen LogP contribution in [0.1, 0.15) is 37.8 Å². The molecule has 1 aromatic heterocycles. The summed E-state index contributed by atoms with van der Waals surface area (Å²) in [6.07, 6.45) is 1.16. The van der Waals surface area contributed by atoms with E-state index in [1.807, 2.05) is 18.4 Å². The van der Waals surface area contributed by atoms with E-state index in [0.29, 0.717) is 0 Å². The van der Waals surface area contributed by atoms with Crippen molar-refractivity contribution in [2.45, 2.75) is 39.2 Å². The molecular weight excluding hydrogens is 268 g/mol. The van der Waals surface area contributed by atoms with E-state index in [-0.39, 0.29) is 5.41 Å². The molecule has 1 heterocycles. The number of nitrogens with zero attached hydrogens (tertiary/aromatic N) is 3. The predicted octanol–water partition coefficient (Wildman–Crippen LogP) is 2.55. The zero-order chi connectivity index (χ0) is 15.3. The summed E-state index contributed by atoms with van der Waals surface area (Å²) in [5.41, 5.74) is 1.33. The molecular formula is C15H30N4S. The van der Waals surface area contributed by atoms with Crippen LogP contribution in [0.3, 0.4) is 0 Å². The molecule has 0 aromatic carbocycles. The molecule has 0 fully saturated rings. The highest BCUT2D eigenvalue weighted by molar-refractivity contribution is 7.15. The number of anilines is 1. The Morgan fingerprint density at radius 2 is 1.80 bits per heavy atom. The van der Waals surface area contributed by atoms with Crippen molar-refractivity contribution in [2.75, 3.05) is 46.2 Å². The summed E-state index contributed by atoms with van der Waals surface area (Å²) in [5.74, 6) is 0. The molecule has 0 aliphatic carbocycles. The van der Waals surface area contributed by atoms with Crippen LogP contribution in [0.15, 0.2) is 0 Å². The molecule has 0 aliphatic heterocycles. The Bertz CT molecular complexity index is 406. The van der Waals surface area contributed by atoms with E-state index in [0.717, 1.165) is 31.2 Å². The molecule has 0 spiro atoms. The van der Waals surface area contributed by atoms with Crippen molar-refractivity contribution in [2.24, 2.45) is 0 Å². The molecule has 0 saturated carbocycles. The van der Waals surface area contributed by atoms with Gasteiger partial charge in [-0.25, -0.2) is 4.98 Å². The summed E-state index contributed by atoms with van der Waals surface area (Å²) >= 11 is 1.82. The summed E-state index contributed by atoms with van der Waals surface area (Å²) in [6, 6.07) is 0. The van der Waals surface area contributed by atoms with Crippen LogP contribution in [-0.4, -0.2) is 51.2 Å². The van der Waals surface area contributed by atoms with E-state index in [1.54, 1.807) is 0 Å². The minimum atomic E-state index is 0.103. The molecule has 0 aliphatic rings. The summed E-state index contributed by atoms with van der Waals surface area (Å²) in [6.45, 7) is 9.76. The fourth-order valence-corrected chi connectivity index (χ4v) is 3.36. The molecule has 1 aromatic rings.